The van der Waals surface area contributed by atoms with Crippen molar-refractivity contribution in [3.05, 3.63) is 133 Å². The fourth-order valence-corrected chi connectivity index (χ4v) is 4.96. The van der Waals surface area contributed by atoms with E-state index in [-0.39, 0.29) is 0 Å². The number of aromatic nitrogens is 3. The number of para-hydroxylation sites is 1. The van der Waals surface area contributed by atoms with Crippen LogP contribution in [0.5, 0.6) is 0 Å². The van der Waals surface area contributed by atoms with Gasteiger partial charge in [0.2, 0.25) is 0 Å². The molecule has 3 nitrogen and oxygen atoms in total. The molecule has 0 unspecified atom stereocenters. The molecule has 174 valence electrons. The molecule has 0 amide bonds. The Labute approximate surface area is 215 Å². The predicted molar refractivity (Wildman–Crippen MR) is 153 cm³/mol. The second-order valence-corrected chi connectivity index (χ2v) is 9.21. The zero-order valence-electron chi connectivity index (χ0n) is 20.1. The summed E-state index contributed by atoms with van der Waals surface area (Å²) >= 11 is 0. The third-order valence-electron chi connectivity index (χ3n) is 6.83. The first-order chi connectivity index (χ1) is 18.3. The van der Waals surface area contributed by atoms with Gasteiger partial charge in [0.25, 0.3) is 0 Å². The maximum Gasteiger partial charge on any atom is 0.160 e. The van der Waals surface area contributed by atoms with Gasteiger partial charge in [-0.15, -0.1) is 0 Å². The van der Waals surface area contributed by atoms with Crippen LogP contribution in [0, 0.1) is 0 Å². The summed E-state index contributed by atoms with van der Waals surface area (Å²) in [5, 5.41) is 2.47. The van der Waals surface area contributed by atoms with Crippen LogP contribution in [-0.4, -0.2) is 15.0 Å². The van der Waals surface area contributed by atoms with E-state index in [4.69, 9.17) is 9.97 Å². The first-order valence-electron chi connectivity index (χ1n) is 12.4. The lowest BCUT2D eigenvalue weighted by Crippen LogP contribution is -1.96. The lowest BCUT2D eigenvalue weighted by Gasteiger charge is -2.10. The van der Waals surface area contributed by atoms with Crippen molar-refractivity contribution in [2.24, 2.45) is 0 Å². The van der Waals surface area contributed by atoms with Gasteiger partial charge < -0.3 is 4.98 Å². The zero-order valence-corrected chi connectivity index (χ0v) is 20.1. The minimum absolute atomic E-state index is 0.718. The molecule has 0 aliphatic carbocycles. The van der Waals surface area contributed by atoms with E-state index in [1.807, 2.05) is 36.4 Å². The Morgan fingerprint density at radius 2 is 0.946 bits per heavy atom. The van der Waals surface area contributed by atoms with Crippen LogP contribution < -0.4 is 0 Å². The minimum atomic E-state index is 0.718. The third-order valence-corrected chi connectivity index (χ3v) is 6.83. The number of nitrogens with zero attached hydrogens (tertiary/aromatic N) is 2. The van der Waals surface area contributed by atoms with Gasteiger partial charge >= 0.3 is 0 Å². The van der Waals surface area contributed by atoms with Gasteiger partial charge in [0.15, 0.2) is 5.82 Å². The van der Waals surface area contributed by atoms with Gasteiger partial charge in [-0.25, -0.2) is 9.97 Å². The first kappa shape index (κ1) is 21.3. The lowest BCUT2D eigenvalue weighted by molar-refractivity contribution is 1.18. The van der Waals surface area contributed by atoms with E-state index >= 15 is 0 Å². The van der Waals surface area contributed by atoms with E-state index in [0.29, 0.717) is 0 Å². The van der Waals surface area contributed by atoms with E-state index in [9.17, 15) is 0 Å². The number of benzene rings is 5. The summed E-state index contributed by atoms with van der Waals surface area (Å²) in [4.78, 5) is 13.5. The highest BCUT2D eigenvalue weighted by Crippen LogP contribution is 2.33. The van der Waals surface area contributed by atoms with Crippen molar-refractivity contribution in [3.8, 4) is 45.0 Å². The van der Waals surface area contributed by atoms with E-state index in [1.165, 1.54) is 16.3 Å². The SMILES string of the molecule is c1ccc(-c2cc(-c3ccccc3)nc(-c3cccc(-c4ccc5[nH]c6ccccc6c5c4)c3)n2)cc1. The van der Waals surface area contributed by atoms with Crippen molar-refractivity contribution in [2.45, 2.75) is 0 Å². The molecular weight excluding hydrogens is 450 g/mol. The second kappa shape index (κ2) is 8.89. The number of rotatable bonds is 4. The third kappa shape index (κ3) is 3.97. The predicted octanol–water partition coefficient (Wildman–Crippen LogP) is 8.78. The Morgan fingerprint density at radius 3 is 1.68 bits per heavy atom. The molecule has 7 rings (SSSR count). The number of fused-ring (bicyclic) bond motifs is 3. The molecule has 0 spiro atoms. The van der Waals surface area contributed by atoms with Crippen molar-refractivity contribution in [2.75, 3.05) is 0 Å². The molecule has 2 heterocycles. The molecule has 7 aromatic rings. The summed E-state index contributed by atoms with van der Waals surface area (Å²) in [5.41, 5.74) is 9.57. The topological polar surface area (TPSA) is 41.6 Å². The molecule has 0 aliphatic rings. The summed E-state index contributed by atoms with van der Waals surface area (Å²) in [6.45, 7) is 0. The second-order valence-electron chi connectivity index (χ2n) is 9.21. The quantitative estimate of drug-likeness (QED) is 0.277. The monoisotopic (exact) mass is 473 g/mol. The highest BCUT2D eigenvalue weighted by atomic mass is 14.9. The van der Waals surface area contributed by atoms with E-state index < -0.39 is 0 Å². The van der Waals surface area contributed by atoms with Gasteiger partial charge in [0.1, 0.15) is 0 Å². The largest absolute Gasteiger partial charge is 0.355 e. The fourth-order valence-electron chi connectivity index (χ4n) is 4.96. The Kier molecular flexibility index (Phi) is 5.11. The van der Waals surface area contributed by atoms with Crippen LogP contribution in [0.3, 0.4) is 0 Å². The number of aromatic amines is 1. The smallest absolute Gasteiger partial charge is 0.160 e. The van der Waals surface area contributed by atoms with Crippen LogP contribution >= 0.6 is 0 Å². The Balaban J connectivity index is 1.36. The lowest BCUT2D eigenvalue weighted by atomic mass is 10.00. The summed E-state index contributed by atoms with van der Waals surface area (Å²) in [5.74, 6) is 0.718. The average Bonchev–Trinajstić information content (AvgIpc) is 3.36. The number of hydrogen-bond donors (Lipinski definition) is 1. The molecule has 3 heteroatoms. The Bertz CT molecular complexity index is 1810. The van der Waals surface area contributed by atoms with Crippen molar-refractivity contribution in [3.63, 3.8) is 0 Å². The summed E-state index contributed by atoms with van der Waals surface area (Å²) in [6.07, 6.45) is 0. The summed E-state index contributed by atoms with van der Waals surface area (Å²) in [6, 6.07) is 46.2. The maximum absolute atomic E-state index is 5.00. The molecule has 0 radical (unpaired) electrons. The number of hydrogen-bond acceptors (Lipinski definition) is 2. The highest BCUT2D eigenvalue weighted by molar-refractivity contribution is 6.08. The molecule has 37 heavy (non-hydrogen) atoms. The Hall–Kier alpha value is -5.02. The van der Waals surface area contributed by atoms with Gasteiger partial charge in [0, 0.05) is 38.5 Å². The van der Waals surface area contributed by atoms with E-state index in [1.54, 1.807) is 0 Å². The highest BCUT2D eigenvalue weighted by Gasteiger charge is 2.12. The molecular formula is C34H23N3. The molecule has 0 aliphatic heterocycles. The Morgan fingerprint density at radius 1 is 0.378 bits per heavy atom. The minimum Gasteiger partial charge on any atom is -0.355 e. The molecule has 2 aromatic heterocycles. The van der Waals surface area contributed by atoms with Crippen LogP contribution in [-0.2, 0) is 0 Å². The molecule has 5 aromatic carbocycles. The van der Waals surface area contributed by atoms with Crippen molar-refractivity contribution in [1.29, 1.82) is 0 Å². The van der Waals surface area contributed by atoms with Crippen molar-refractivity contribution >= 4 is 21.8 Å². The van der Waals surface area contributed by atoms with Crippen LogP contribution in [0.25, 0.3) is 66.8 Å². The molecule has 1 N–H and O–H groups in total. The zero-order chi connectivity index (χ0) is 24.6. The summed E-state index contributed by atoms with van der Waals surface area (Å²) < 4.78 is 0. The molecule has 0 atom stereocenters. The van der Waals surface area contributed by atoms with Gasteiger partial charge in [-0.1, -0.05) is 103 Å². The van der Waals surface area contributed by atoms with Gasteiger partial charge in [-0.3, -0.25) is 0 Å². The van der Waals surface area contributed by atoms with Crippen LogP contribution in [0.2, 0.25) is 0 Å². The average molecular weight is 474 g/mol. The number of H-pyrrole nitrogens is 1. The van der Waals surface area contributed by atoms with Crippen LogP contribution in [0.15, 0.2) is 133 Å². The normalized spacial score (nSPS) is 11.2. The molecule has 0 fully saturated rings. The summed E-state index contributed by atoms with van der Waals surface area (Å²) in [7, 11) is 0. The first-order valence-corrected chi connectivity index (χ1v) is 12.4. The van der Waals surface area contributed by atoms with Crippen LogP contribution in [0.1, 0.15) is 0 Å². The maximum atomic E-state index is 5.00. The van der Waals surface area contributed by atoms with Crippen molar-refractivity contribution < 1.29 is 0 Å². The van der Waals surface area contributed by atoms with E-state index in [0.717, 1.165) is 50.5 Å². The van der Waals surface area contributed by atoms with Gasteiger partial charge in [-0.2, -0.15) is 0 Å². The van der Waals surface area contributed by atoms with E-state index in [2.05, 4.69) is 102 Å². The van der Waals surface area contributed by atoms with Crippen molar-refractivity contribution in [1.82, 2.24) is 15.0 Å². The fraction of sp³-hybridized carbons (Fsp3) is 0. The molecule has 0 saturated carbocycles. The molecule has 0 saturated heterocycles. The molecule has 0 bridgehead atoms. The number of nitrogens with one attached hydrogen (secondary N) is 1. The standard InChI is InChI=1S/C34H23N3/c1-3-10-23(11-4-1)32-22-33(24-12-5-2-6-13-24)37-34(36-32)27-15-9-14-25(20-27)26-18-19-31-29(21-26)28-16-7-8-17-30(28)35-31/h1-22,35H. The van der Waals surface area contributed by atoms with Gasteiger partial charge in [0.05, 0.1) is 11.4 Å². The van der Waals surface area contributed by atoms with Gasteiger partial charge in [-0.05, 0) is 41.5 Å². The van der Waals surface area contributed by atoms with Crippen LogP contribution in [0.4, 0.5) is 0 Å².